The number of benzene rings is 1. The molecule has 5 heteroatoms. The summed E-state index contributed by atoms with van der Waals surface area (Å²) in [5.74, 6) is -1.00. The predicted molar refractivity (Wildman–Crippen MR) is 57.0 cm³/mol. The van der Waals surface area contributed by atoms with Gasteiger partial charge in [-0.15, -0.1) is 0 Å². The molecule has 0 bridgehead atoms. The van der Waals surface area contributed by atoms with Gasteiger partial charge in [0.1, 0.15) is 0 Å². The normalized spacial score (nSPS) is 17.2. The van der Waals surface area contributed by atoms with Gasteiger partial charge in [0, 0.05) is 0 Å². The lowest BCUT2D eigenvalue weighted by molar-refractivity contribution is -0.166. The molecule has 1 fully saturated rings. The minimum atomic E-state index is -0.501. The molecular formula is C11H10O4Si. The highest BCUT2D eigenvalue weighted by atomic mass is 28.2. The zero-order valence-corrected chi connectivity index (χ0v) is 9.51. The van der Waals surface area contributed by atoms with Crippen molar-refractivity contribution in [2.24, 2.45) is 0 Å². The van der Waals surface area contributed by atoms with Crippen molar-refractivity contribution >= 4 is 26.9 Å². The first kappa shape index (κ1) is 11.0. The molecule has 1 aromatic carbocycles. The standard InChI is InChI=1S/C11H10O4Si/c12-10-6-8(7-11(13)14-10)15-16-9-4-2-1-3-5-9/h1-5,8H,6-7H2. The second kappa shape index (κ2) is 5.04. The van der Waals surface area contributed by atoms with E-state index in [1.165, 1.54) is 0 Å². The molecule has 16 heavy (non-hydrogen) atoms. The van der Waals surface area contributed by atoms with Crippen LogP contribution in [0.25, 0.3) is 0 Å². The molecule has 4 nitrogen and oxygen atoms in total. The molecule has 82 valence electrons. The van der Waals surface area contributed by atoms with Gasteiger partial charge in [0.05, 0.1) is 18.9 Å². The lowest BCUT2D eigenvalue weighted by Gasteiger charge is -2.19. The van der Waals surface area contributed by atoms with Crippen molar-refractivity contribution < 1.29 is 18.8 Å². The van der Waals surface area contributed by atoms with Crippen LogP contribution in [0, 0.1) is 0 Å². The molecular weight excluding hydrogens is 224 g/mol. The molecule has 0 aliphatic carbocycles. The number of ether oxygens (including phenoxy) is 1. The van der Waals surface area contributed by atoms with E-state index < -0.39 is 11.9 Å². The van der Waals surface area contributed by atoms with Crippen LogP contribution in [0.2, 0.25) is 0 Å². The molecule has 0 spiro atoms. The third-order valence-electron chi connectivity index (χ3n) is 2.13. The number of cyclic esters (lactones) is 2. The largest absolute Gasteiger partial charge is 0.407 e. The molecule has 1 heterocycles. The predicted octanol–water partition coefficient (Wildman–Crippen LogP) is 0.180. The monoisotopic (exact) mass is 234 g/mol. The Labute approximate surface area is 95.5 Å². The SMILES string of the molecule is O=C1CC(O[Si]c2ccccc2)CC(=O)O1. The highest BCUT2D eigenvalue weighted by Crippen LogP contribution is 2.12. The van der Waals surface area contributed by atoms with Crippen molar-refractivity contribution in [2.45, 2.75) is 18.9 Å². The zero-order valence-electron chi connectivity index (χ0n) is 8.51. The summed E-state index contributed by atoms with van der Waals surface area (Å²) in [7, 11) is 0.155. The van der Waals surface area contributed by atoms with E-state index in [2.05, 4.69) is 4.74 Å². The Morgan fingerprint density at radius 3 is 2.38 bits per heavy atom. The van der Waals surface area contributed by atoms with Gasteiger partial charge in [-0.1, -0.05) is 30.3 Å². The summed E-state index contributed by atoms with van der Waals surface area (Å²) < 4.78 is 9.93. The van der Waals surface area contributed by atoms with Gasteiger partial charge in [-0.2, -0.15) is 0 Å². The molecule has 2 radical (unpaired) electrons. The van der Waals surface area contributed by atoms with E-state index in [-0.39, 0.29) is 28.7 Å². The molecule has 0 aromatic heterocycles. The number of rotatable bonds is 3. The van der Waals surface area contributed by atoms with Crippen molar-refractivity contribution in [3.05, 3.63) is 30.3 Å². The molecule has 1 aliphatic rings. The molecule has 1 aromatic rings. The Morgan fingerprint density at radius 2 is 1.75 bits per heavy atom. The van der Waals surface area contributed by atoms with Gasteiger partial charge >= 0.3 is 11.9 Å². The lowest BCUT2D eigenvalue weighted by Crippen LogP contribution is -2.34. The summed E-state index contributed by atoms with van der Waals surface area (Å²) in [6.45, 7) is 0. The van der Waals surface area contributed by atoms with Crippen LogP contribution >= 0.6 is 0 Å². The smallest absolute Gasteiger partial charge is 0.316 e. The maximum Gasteiger partial charge on any atom is 0.316 e. The highest BCUT2D eigenvalue weighted by Gasteiger charge is 2.27. The summed E-state index contributed by atoms with van der Waals surface area (Å²) in [5.41, 5.74) is 0. The van der Waals surface area contributed by atoms with Gasteiger partial charge in [-0.25, -0.2) is 0 Å². The highest BCUT2D eigenvalue weighted by molar-refractivity contribution is 6.46. The first-order valence-corrected chi connectivity index (χ1v) is 5.85. The van der Waals surface area contributed by atoms with Crippen molar-refractivity contribution in [3.63, 3.8) is 0 Å². The quantitative estimate of drug-likeness (QED) is 0.425. The minimum absolute atomic E-state index is 0.155. The van der Waals surface area contributed by atoms with Gasteiger partial charge in [0.15, 0.2) is 0 Å². The van der Waals surface area contributed by atoms with Gasteiger partial charge in [-0.3, -0.25) is 9.59 Å². The van der Waals surface area contributed by atoms with Gasteiger partial charge in [0.2, 0.25) is 0 Å². The van der Waals surface area contributed by atoms with Crippen LogP contribution in [0.3, 0.4) is 0 Å². The number of esters is 2. The molecule has 2 rings (SSSR count). The summed E-state index contributed by atoms with van der Waals surface area (Å²) in [5, 5.41) is 1.05. The molecule has 0 atom stereocenters. The van der Waals surface area contributed by atoms with Crippen LogP contribution in [0.5, 0.6) is 0 Å². The first-order valence-electron chi connectivity index (χ1n) is 4.94. The van der Waals surface area contributed by atoms with Crippen LogP contribution < -0.4 is 5.19 Å². The van der Waals surface area contributed by atoms with Crippen molar-refractivity contribution in [1.29, 1.82) is 0 Å². The molecule has 0 N–H and O–H groups in total. The molecule has 0 unspecified atom stereocenters. The zero-order chi connectivity index (χ0) is 11.4. The van der Waals surface area contributed by atoms with E-state index in [1.807, 2.05) is 30.3 Å². The van der Waals surface area contributed by atoms with E-state index in [1.54, 1.807) is 0 Å². The first-order chi connectivity index (χ1) is 7.74. The van der Waals surface area contributed by atoms with Crippen LogP contribution in [-0.2, 0) is 18.8 Å². The summed E-state index contributed by atoms with van der Waals surface area (Å²) in [6.07, 6.45) is -0.0239. The Morgan fingerprint density at radius 1 is 1.12 bits per heavy atom. The number of hydrogen-bond donors (Lipinski definition) is 0. The minimum Gasteiger partial charge on any atom is -0.407 e. The average molecular weight is 234 g/mol. The summed E-state index contributed by atoms with van der Waals surface area (Å²) in [4.78, 5) is 22.0. The fourth-order valence-electron chi connectivity index (χ4n) is 1.40. The van der Waals surface area contributed by atoms with E-state index >= 15 is 0 Å². The summed E-state index contributed by atoms with van der Waals surface area (Å²) >= 11 is 0. The maximum absolute atomic E-state index is 11.0. The van der Waals surface area contributed by atoms with Gasteiger partial charge in [-0.05, 0) is 5.19 Å². The second-order valence-corrected chi connectivity index (χ2v) is 4.48. The lowest BCUT2D eigenvalue weighted by atomic mass is 10.1. The van der Waals surface area contributed by atoms with Crippen molar-refractivity contribution in [1.82, 2.24) is 0 Å². The Kier molecular flexibility index (Phi) is 3.48. The van der Waals surface area contributed by atoms with Crippen LogP contribution in [0.15, 0.2) is 30.3 Å². The number of carbonyl (C=O) groups is 2. The topological polar surface area (TPSA) is 52.6 Å². The second-order valence-electron chi connectivity index (χ2n) is 3.46. The van der Waals surface area contributed by atoms with Gasteiger partial charge in [0.25, 0.3) is 9.76 Å². The number of carbonyl (C=O) groups excluding carboxylic acids is 2. The van der Waals surface area contributed by atoms with E-state index in [4.69, 9.17) is 4.43 Å². The molecule has 1 saturated heterocycles. The Balaban J connectivity index is 1.86. The van der Waals surface area contributed by atoms with Gasteiger partial charge < -0.3 is 9.16 Å². The fourth-order valence-corrected chi connectivity index (χ4v) is 2.19. The van der Waals surface area contributed by atoms with Crippen LogP contribution in [0.1, 0.15) is 12.8 Å². The molecule has 1 aliphatic heterocycles. The third kappa shape index (κ3) is 3.01. The average Bonchev–Trinajstić information content (AvgIpc) is 2.27. The van der Waals surface area contributed by atoms with Crippen molar-refractivity contribution in [3.8, 4) is 0 Å². The number of hydrogen-bond acceptors (Lipinski definition) is 4. The molecule has 0 amide bonds. The Hall–Kier alpha value is -1.46. The fraction of sp³-hybridized carbons (Fsp3) is 0.273. The Bertz CT molecular complexity index is 374. The summed E-state index contributed by atoms with van der Waals surface area (Å²) in [6, 6.07) is 9.66. The van der Waals surface area contributed by atoms with Crippen LogP contribution in [0.4, 0.5) is 0 Å². The van der Waals surface area contributed by atoms with Crippen LogP contribution in [-0.4, -0.2) is 27.8 Å². The maximum atomic E-state index is 11.0. The third-order valence-corrected chi connectivity index (χ3v) is 3.15. The molecule has 0 saturated carbocycles. The van der Waals surface area contributed by atoms with Crippen molar-refractivity contribution in [2.75, 3.05) is 0 Å². The van der Waals surface area contributed by atoms with E-state index in [9.17, 15) is 9.59 Å². The van der Waals surface area contributed by atoms with E-state index in [0.29, 0.717) is 0 Å². The van der Waals surface area contributed by atoms with E-state index in [0.717, 1.165) is 5.19 Å².